The minimum absolute atomic E-state index is 0.354. The molecule has 0 unspecified atom stereocenters. The molecular weight excluding hydrogens is 148 g/mol. The van der Waals surface area contributed by atoms with Crippen LogP contribution in [0.5, 0.6) is 0 Å². The summed E-state index contributed by atoms with van der Waals surface area (Å²) < 4.78 is 0. The third kappa shape index (κ3) is 2.46. The lowest BCUT2D eigenvalue weighted by Gasteiger charge is -2.36. The normalized spacial score (nSPS) is 25.2. The first-order chi connectivity index (χ1) is 5.67. The standard InChI is InChI=1S/C10H22N2/c1-4-7-12-8-5-6-11-9-10(12,2)3/h11H,4-9H2,1-3H3. The second-order valence-corrected chi connectivity index (χ2v) is 4.33. The fourth-order valence-corrected chi connectivity index (χ4v) is 1.89. The Morgan fingerprint density at radius 2 is 2.17 bits per heavy atom. The van der Waals surface area contributed by atoms with E-state index in [4.69, 9.17) is 0 Å². The molecule has 0 amide bonds. The van der Waals surface area contributed by atoms with Gasteiger partial charge in [0.15, 0.2) is 0 Å². The first-order valence-electron chi connectivity index (χ1n) is 5.12. The van der Waals surface area contributed by atoms with E-state index < -0.39 is 0 Å². The van der Waals surface area contributed by atoms with E-state index in [1.54, 1.807) is 0 Å². The van der Waals surface area contributed by atoms with Gasteiger partial charge in [0, 0.05) is 12.1 Å². The van der Waals surface area contributed by atoms with Gasteiger partial charge in [0.2, 0.25) is 0 Å². The maximum atomic E-state index is 3.48. The highest BCUT2D eigenvalue weighted by Gasteiger charge is 2.26. The van der Waals surface area contributed by atoms with Crippen LogP contribution in [0.1, 0.15) is 33.6 Å². The number of rotatable bonds is 2. The molecule has 1 fully saturated rings. The maximum absolute atomic E-state index is 3.48. The van der Waals surface area contributed by atoms with Crippen LogP contribution in [0.4, 0.5) is 0 Å². The van der Waals surface area contributed by atoms with Gasteiger partial charge in [0.25, 0.3) is 0 Å². The molecule has 1 rings (SSSR count). The van der Waals surface area contributed by atoms with Crippen molar-refractivity contribution < 1.29 is 0 Å². The highest BCUT2D eigenvalue weighted by atomic mass is 15.2. The zero-order valence-electron chi connectivity index (χ0n) is 8.69. The van der Waals surface area contributed by atoms with Crippen molar-refractivity contribution in [3.05, 3.63) is 0 Å². The Bertz CT molecular complexity index is 132. The van der Waals surface area contributed by atoms with Gasteiger partial charge in [0.1, 0.15) is 0 Å². The molecule has 72 valence electrons. The third-order valence-electron chi connectivity index (χ3n) is 2.69. The molecule has 1 aliphatic rings. The number of hydrogen-bond acceptors (Lipinski definition) is 2. The van der Waals surface area contributed by atoms with Crippen LogP contribution in [0.2, 0.25) is 0 Å². The van der Waals surface area contributed by atoms with Crippen molar-refractivity contribution in [2.45, 2.75) is 39.2 Å². The lowest BCUT2D eigenvalue weighted by Crippen LogP contribution is -2.48. The minimum Gasteiger partial charge on any atom is -0.315 e. The van der Waals surface area contributed by atoms with E-state index >= 15 is 0 Å². The van der Waals surface area contributed by atoms with E-state index in [2.05, 4.69) is 31.0 Å². The van der Waals surface area contributed by atoms with Crippen LogP contribution in [0.3, 0.4) is 0 Å². The van der Waals surface area contributed by atoms with Crippen molar-refractivity contribution in [3.8, 4) is 0 Å². The van der Waals surface area contributed by atoms with Crippen LogP contribution in [0.15, 0.2) is 0 Å². The van der Waals surface area contributed by atoms with Crippen LogP contribution in [0.25, 0.3) is 0 Å². The molecule has 0 radical (unpaired) electrons. The van der Waals surface area contributed by atoms with Gasteiger partial charge in [-0.2, -0.15) is 0 Å². The van der Waals surface area contributed by atoms with Crippen molar-refractivity contribution >= 4 is 0 Å². The second-order valence-electron chi connectivity index (χ2n) is 4.33. The SMILES string of the molecule is CCCN1CCCNCC1(C)C. The van der Waals surface area contributed by atoms with E-state index in [1.165, 1.54) is 32.5 Å². The summed E-state index contributed by atoms with van der Waals surface area (Å²) in [6.45, 7) is 11.7. The van der Waals surface area contributed by atoms with Crippen molar-refractivity contribution in [3.63, 3.8) is 0 Å². The summed E-state index contributed by atoms with van der Waals surface area (Å²) in [5.74, 6) is 0. The molecule has 0 aromatic carbocycles. The van der Waals surface area contributed by atoms with Crippen molar-refractivity contribution in [1.82, 2.24) is 10.2 Å². The predicted octanol–water partition coefficient (Wildman–Crippen LogP) is 1.47. The van der Waals surface area contributed by atoms with Gasteiger partial charge in [-0.3, -0.25) is 4.90 Å². The predicted molar refractivity (Wildman–Crippen MR) is 53.4 cm³/mol. The molecule has 12 heavy (non-hydrogen) atoms. The first-order valence-corrected chi connectivity index (χ1v) is 5.12. The van der Waals surface area contributed by atoms with E-state index in [0.717, 1.165) is 6.54 Å². The summed E-state index contributed by atoms with van der Waals surface area (Å²) in [6, 6.07) is 0. The Kier molecular flexibility index (Phi) is 3.53. The molecule has 0 spiro atoms. The highest BCUT2D eigenvalue weighted by molar-refractivity contribution is 4.86. The Morgan fingerprint density at radius 1 is 1.42 bits per heavy atom. The van der Waals surface area contributed by atoms with Gasteiger partial charge in [-0.05, 0) is 46.3 Å². The van der Waals surface area contributed by atoms with E-state index in [-0.39, 0.29) is 0 Å². The molecule has 1 N–H and O–H groups in total. The number of hydrogen-bond donors (Lipinski definition) is 1. The molecular formula is C10H22N2. The molecule has 0 atom stereocenters. The monoisotopic (exact) mass is 170 g/mol. The van der Waals surface area contributed by atoms with Gasteiger partial charge >= 0.3 is 0 Å². The highest BCUT2D eigenvalue weighted by Crippen LogP contribution is 2.16. The van der Waals surface area contributed by atoms with Crippen molar-refractivity contribution in [2.24, 2.45) is 0 Å². The van der Waals surface area contributed by atoms with Gasteiger partial charge < -0.3 is 5.32 Å². The average Bonchev–Trinajstić information content (AvgIpc) is 2.15. The summed E-state index contributed by atoms with van der Waals surface area (Å²) in [7, 11) is 0. The summed E-state index contributed by atoms with van der Waals surface area (Å²) in [6.07, 6.45) is 2.56. The zero-order valence-corrected chi connectivity index (χ0v) is 8.69. The molecule has 0 saturated carbocycles. The number of nitrogens with zero attached hydrogens (tertiary/aromatic N) is 1. The van der Waals surface area contributed by atoms with Gasteiger partial charge in [-0.25, -0.2) is 0 Å². The summed E-state index contributed by atoms with van der Waals surface area (Å²) in [5.41, 5.74) is 0.354. The van der Waals surface area contributed by atoms with Crippen LogP contribution in [0, 0.1) is 0 Å². The van der Waals surface area contributed by atoms with Gasteiger partial charge in [-0.15, -0.1) is 0 Å². The Morgan fingerprint density at radius 3 is 2.83 bits per heavy atom. The van der Waals surface area contributed by atoms with Crippen LogP contribution >= 0.6 is 0 Å². The molecule has 0 aromatic rings. The van der Waals surface area contributed by atoms with Crippen molar-refractivity contribution in [2.75, 3.05) is 26.2 Å². The summed E-state index contributed by atoms with van der Waals surface area (Å²) in [4.78, 5) is 2.60. The summed E-state index contributed by atoms with van der Waals surface area (Å²) >= 11 is 0. The van der Waals surface area contributed by atoms with Crippen LogP contribution < -0.4 is 5.32 Å². The van der Waals surface area contributed by atoms with E-state index in [1.807, 2.05) is 0 Å². The van der Waals surface area contributed by atoms with E-state index in [0.29, 0.717) is 5.54 Å². The Hall–Kier alpha value is -0.0800. The minimum atomic E-state index is 0.354. The zero-order chi connectivity index (χ0) is 9.03. The molecule has 2 heteroatoms. The Labute approximate surface area is 76.3 Å². The molecule has 0 aromatic heterocycles. The lowest BCUT2D eigenvalue weighted by atomic mass is 10.0. The molecule has 0 aliphatic carbocycles. The molecule has 0 bridgehead atoms. The number of nitrogens with one attached hydrogen (secondary N) is 1. The maximum Gasteiger partial charge on any atom is 0.0277 e. The van der Waals surface area contributed by atoms with E-state index in [9.17, 15) is 0 Å². The molecule has 1 aliphatic heterocycles. The Balaban J connectivity index is 2.52. The second kappa shape index (κ2) is 4.24. The first kappa shape index (κ1) is 10.0. The van der Waals surface area contributed by atoms with Crippen molar-refractivity contribution in [1.29, 1.82) is 0 Å². The largest absolute Gasteiger partial charge is 0.315 e. The fraction of sp³-hybridized carbons (Fsp3) is 1.00. The van der Waals surface area contributed by atoms with Gasteiger partial charge in [0.05, 0.1) is 0 Å². The smallest absolute Gasteiger partial charge is 0.0277 e. The quantitative estimate of drug-likeness (QED) is 0.675. The lowest BCUT2D eigenvalue weighted by molar-refractivity contribution is 0.133. The average molecular weight is 170 g/mol. The third-order valence-corrected chi connectivity index (χ3v) is 2.69. The van der Waals surface area contributed by atoms with Crippen LogP contribution in [-0.4, -0.2) is 36.6 Å². The molecule has 2 nitrogen and oxygen atoms in total. The van der Waals surface area contributed by atoms with Crippen LogP contribution in [-0.2, 0) is 0 Å². The summed E-state index contributed by atoms with van der Waals surface area (Å²) in [5, 5.41) is 3.48. The fourth-order valence-electron chi connectivity index (χ4n) is 1.89. The molecule has 1 saturated heterocycles. The molecule has 1 heterocycles. The topological polar surface area (TPSA) is 15.3 Å². The van der Waals surface area contributed by atoms with Gasteiger partial charge in [-0.1, -0.05) is 6.92 Å².